The number of amides is 1. The van der Waals surface area contributed by atoms with Crippen LogP contribution in [0.3, 0.4) is 0 Å². The zero-order chi connectivity index (χ0) is 19.5. The normalized spacial score (nSPS) is 22.0. The van der Waals surface area contributed by atoms with Crippen LogP contribution in [0.25, 0.3) is 0 Å². The average Bonchev–Trinajstić information content (AvgIpc) is 2.52. The fourth-order valence-corrected chi connectivity index (χ4v) is 3.46. The zero-order valence-corrected chi connectivity index (χ0v) is 15.5. The van der Waals surface area contributed by atoms with Gasteiger partial charge in [-0.1, -0.05) is 13.8 Å². The largest absolute Gasteiger partial charge is 0.463 e. The highest BCUT2D eigenvalue weighted by atomic mass is 16.5. The Kier molecular flexibility index (Phi) is 6.20. The molecular weight excluding hydrogens is 338 g/mol. The van der Waals surface area contributed by atoms with Crippen LogP contribution in [0.2, 0.25) is 0 Å². The van der Waals surface area contributed by atoms with Gasteiger partial charge in [0, 0.05) is 24.2 Å². The third-order valence-electron chi connectivity index (χ3n) is 4.41. The van der Waals surface area contributed by atoms with Crippen LogP contribution in [0.4, 0.5) is 0 Å². The molecule has 0 saturated carbocycles. The second-order valence-corrected chi connectivity index (χ2v) is 7.25. The lowest BCUT2D eigenvalue weighted by Gasteiger charge is -2.38. The first kappa shape index (κ1) is 20.1. The lowest BCUT2D eigenvalue weighted by Crippen LogP contribution is -2.45. The van der Waals surface area contributed by atoms with Crippen molar-refractivity contribution >= 4 is 17.7 Å². The Morgan fingerprint density at radius 2 is 2.00 bits per heavy atom. The molecule has 2 rings (SSSR count). The fraction of sp³-hybridized carbons (Fsp3) is 0.611. The van der Waals surface area contributed by atoms with E-state index in [1.54, 1.807) is 6.92 Å². The molecule has 2 aliphatic rings. The number of primary amides is 1. The maximum Gasteiger partial charge on any atom is 0.337 e. The average molecular weight is 365 g/mol. The minimum absolute atomic E-state index is 0.0422. The summed E-state index contributed by atoms with van der Waals surface area (Å²) < 4.78 is 10.6. The van der Waals surface area contributed by atoms with Crippen molar-refractivity contribution in [2.24, 2.45) is 22.8 Å². The molecule has 0 aromatic heterocycles. The molecule has 0 aromatic carbocycles. The van der Waals surface area contributed by atoms with E-state index in [1.165, 1.54) is 0 Å². The van der Waals surface area contributed by atoms with Crippen molar-refractivity contribution in [2.45, 2.75) is 33.6 Å². The minimum Gasteiger partial charge on any atom is -0.463 e. The van der Waals surface area contributed by atoms with E-state index in [0.717, 1.165) is 0 Å². The summed E-state index contributed by atoms with van der Waals surface area (Å²) in [5, 5.41) is 3.14. The number of carbonyl (C=O) groups excluding carboxylic acids is 3. The van der Waals surface area contributed by atoms with Crippen LogP contribution in [0.1, 0.15) is 33.6 Å². The number of allylic oxidation sites excluding steroid dienone is 1. The van der Waals surface area contributed by atoms with Gasteiger partial charge in [0.25, 0.3) is 0 Å². The molecule has 0 bridgehead atoms. The molecule has 0 radical (unpaired) electrons. The Morgan fingerprint density at radius 3 is 2.58 bits per heavy atom. The summed E-state index contributed by atoms with van der Waals surface area (Å²) in [6, 6.07) is 0. The molecule has 1 amide bonds. The Morgan fingerprint density at radius 1 is 1.31 bits per heavy atom. The van der Waals surface area contributed by atoms with E-state index in [2.05, 4.69) is 5.32 Å². The smallest absolute Gasteiger partial charge is 0.337 e. The molecule has 1 aliphatic heterocycles. The third-order valence-corrected chi connectivity index (χ3v) is 4.41. The first-order valence-corrected chi connectivity index (χ1v) is 8.72. The Balaban J connectivity index is 2.51. The number of ether oxygens (including phenoxy) is 2. The van der Waals surface area contributed by atoms with Gasteiger partial charge in [0.1, 0.15) is 5.92 Å². The number of Topliss-reactive ketones (excluding diaryl/α,β-unsaturated/α-hetero) is 1. The van der Waals surface area contributed by atoms with E-state index in [4.69, 9.17) is 20.9 Å². The van der Waals surface area contributed by atoms with E-state index >= 15 is 0 Å². The fourth-order valence-electron chi connectivity index (χ4n) is 3.46. The quantitative estimate of drug-likeness (QED) is 0.431. The van der Waals surface area contributed by atoms with Crippen molar-refractivity contribution in [1.29, 1.82) is 0 Å². The van der Waals surface area contributed by atoms with Gasteiger partial charge in [0.2, 0.25) is 5.91 Å². The molecule has 26 heavy (non-hydrogen) atoms. The number of nitrogens with one attached hydrogen (secondary N) is 1. The standard InChI is InChI=1S/C18H27N3O5/c1-4-26-17(24)14-11(9-25-6-5-19)21-10-7-18(2,3)8-12(22)13(10)15(14)16(20)23/h15,21H,4-9,19H2,1-3H3,(H2,20,23). The number of dihydropyridines is 1. The monoisotopic (exact) mass is 365 g/mol. The van der Waals surface area contributed by atoms with Gasteiger partial charge in [-0.3, -0.25) is 9.59 Å². The summed E-state index contributed by atoms with van der Waals surface area (Å²) >= 11 is 0. The van der Waals surface area contributed by atoms with Crippen LogP contribution >= 0.6 is 0 Å². The minimum atomic E-state index is -1.13. The van der Waals surface area contributed by atoms with Gasteiger partial charge in [-0.2, -0.15) is 0 Å². The molecule has 144 valence electrons. The summed E-state index contributed by atoms with van der Waals surface area (Å²) in [5.41, 5.74) is 12.1. The Labute approximate surface area is 152 Å². The van der Waals surface area contributed by atoms with Crippen LogP contribution in [0, 0.1) is 11.3 Å². The molecule has 8 nitrogen and oxygen atoms in total. The number of hydrogen-bond acceptors (Lipinski definition) is 7. The van der Waals surface area contributed by atoms with Crippen molar-refractivity contribution in [3.05, 3.63) is 22.5 Å². The van der Waals surface area contributed by atoms with Gasteiger partial charge in [-0.05, 0) is 18.8 Å². The number of nitrogens with two attached hydrogens (primary N) is 2. The van der Waals surface area contributed by atoms with Gasteiger partial charge in [0.05, 0.1) is 31.1 Å². The summed E-state index contributed by atoms with van der Waals surface area (Å²) in [7, 11) is 0. The summed E-state index contributed by atoms with van der Waals surface area (Å²) in [6.07, 6.45) is 0.848. The molecule has 1 heterocycles. The van der Waals surface area contributed by atoms with E-state index in [9.17, 15) is 14.4 Å². The van der Waals surface area contributed by atoms with E-state index in [-0.39, 0.29) is 42.0 Å². The van der Waals surface area contributed by atoms with Gasteiger partial charge >= 0.3 is 5.97 Å². The van der Waals surface area contributed by atoms with Gasteiger partial charge < -0.3 is 26.3 Å². The van der Waals surface area contributed by atoms with Gasteiger partial charge in [-0.15, -0.1) is 0 Å². The van der Waals surface area contributed by atoms with Crippen LogP contribution in [-0.4, -0.2) is 44.0 Å². The molecule has 0 saturated heterocycles. The van der Waals surface area contributed by atoms with Crippen molar-refractivity contribution < 1.29 is 23.9 Å². The number of carbonyl (C=O) groups is 3. The van der Waals surface area contributed by atoms with Crippen LogP contribution in [-0.2, 0) is 23.9 Å². The summed E-state index contributed by atoms with van der Waals surface area (Å²) in [5.74, 6) is -2.76. The highest BCUT2D eigenvalue weighted by Gasteiger charge is 2.45. The Bertz CT molecular complexity index is 678. The van der Waals surface area contributed by atoms with Crippen molar-refractivity contribution in [1.82, 2.24) is 5.32 Å². The second-order valence-electron chi connectivity index (χ2n) is 7.25. The number of rotatable bonds is 7. The topological polar surface area (TPSA) is 134 Å². The SMILES string of the molecule is CCOC(=O)C1=C(COCCN)NC2=C(C(=O)CC(C)(C)C2)C1C(N)=O. The lowest BCUT2D eigenvalue weighted by molar-refractivity contribution is -0.140. The van der Waals surface area contributed by atoms with Crippen molar-refractivity contribution in [2.75, 3.05) is 26.4 Å². The predicted molar refractivity (Wildman–Crippen MR) is 94.4 cm³/mol. The second kappa shape index (κ2) is 8.01. The first-order valence-electron chi connectivity index (χ1n) is 8.72. The molecule has 1 aliphatic carbocycles. The van der Waals surface area contributed by atoms with Crippen LogP contribution in [0.5, 0.6) is 0 Å². The van der Waals surface area contributed by atoms with Gasteiger partial charge in [0.15, 0.2) is 5.78 Å². The van der Waals surface area contributed by atoms with Crippen molar-refractivity contribution in [3.8, 4) is 0 Å². The maximum atomic E-state index is 12.7. The number of esters is 1. The molecule has 5 N–H and O–H groups in total. The molecule has 0 aromatic rings. The zero-order valence-electron chi connectivity index (χ0n) is 15.5. The first-order chi connectivity index (χ1) is 12.2. The molecular formula is C18H27N3O5. The highest BCUT2D eigenvalue weighted by Crippen LogP contribution is 2.42. The Hall–Kier alpha value is -2.19. The molecule has 0 spiro atoms. The number of hydrogen-bond donors (Lipinski definition) is 3. The van der Waals surface area contributed by atoms with E-state index in [0.29, 0.717) is 31.0 Å². The predicted octanol–water partition coefficient (Wildman–Crippen LogP) is 0.127. The van der Waals surface area contributed by atoms with Crippen LogP contribution < -0.4 is 16.8 Å². The summed E-state index contributed by atoms with van der Waals surface area (Å²) in [6.45, 7) is 6.41. The summed E-state index contributed by atoms with van der Waals surface area (Å²) in [4.78, 5) is 37.5. The third kappa shape index (κ3) is 4.13. The number of ketones is 1. The molecule has 1 atom stereocenters. The van der Waals surface area contributed by atoms with Gasteiger partial charge in [-0.25, -0.2) is 4.79 Å². The van der Waals surface area contributed by atoms with E-state index in [1.807, 2.05) is 13.8 Å². The molecule has 1 unspecified atom stereocenters. The highest BCUT2D eigenvalue weighted by molar-refractivity contribution is 6.09. The molecule has 0 fully saturated rings. The molecule has 8 heteroatoms. The van der Waals surface area contributed by atoms with E-state index < -0.39 is 17.8 Å². The van der Waals surface area contributed by atoms with Crippen LogP contribution in [0.15, 0.2) is 22.5 Å². The van der Waals surface area contributed by atoms with Crippen molar-refractivity contribution in [3.63, 3.8) is 0 Å². The lowest BCUT2D eigenvalue weighted by atomic mass is 9.70. The maximum absolute atomic E-state index is 12.7.